The van der Waals surface area contributed by atoms with Crippen molar-refractivity contribution in [3.63, 3.8) is 0 Å². The van der Waals surface area contributed by atoms with Gasteiger partial charge in [-0.15, -0.1) is 11.3 Å². The Morgan fingerprint density at radius 1 is 0.318 bits per heavy atom. The molecule has 0 saturated carbocycles. The van der Waals surface area contributed by atoms with Gasteiger partial charge in [0, 0.05) is 52.8 Å². The Kier molecular flexibility index (Phi) is 7.34. The molecular weight excluding hydrogens is 821 g/mol. The molecule has 3 heterocycles. The predicted octanol–water partition coefficient (Wildman–Crippen LogP) is 17.9. The molecule has 11 aromatic carbocycles. The van der Waals surface area contributed by atoms with Crippen molar-refractivity contribution in [3.05, 3.63) is 241 Å². The summed E-state index contributed by atoms with van der Waals surface area (Å²) in [4.78, 5) is 0. The lowest BCUT2D eigenvalue weighted by Gasteiger charge is -2.33. The van der Waals surface area contributed by atoms with Crippen molar-refractivity contribution in [1.82, 2.24) is 0 Å². The van der Waals surface area contributed by atoms with Crippen molar-refractivity contribution in [2.45, 2.75) is 5.41 Å². The average molecular weight is 857 g/mol. The maximum Gasteiger partial charge on any atom is 0.143 e. The first kappa shape index (κ1) is 36.1. The first-order valence-corrected chi connectivity index (χ1v) is 23.5. The van der Waals surface area contributed by atoms with Crippen LogP contribution in [0, 0.1) is 0 Å². The molecule has 66 heavy (non-hydrogen) atoms. The van der Waals surface area contributed by atoms with E-state index in [9.17, 15) is 0 Å². The fourth-order valence-corrected chi connectivity index (χ4v) is 13.1. The number of furan rings is 2. The molecule has 0 fully saturated rings. The Bertz CT molecular complexity index is 4240. The van der Waals surface area contributed by atoms with Crippen molar-refractivity contribution in [2.24, 2.45) is 0 Å². The topological polar surface area (TPSA) is 26.3 Å². The van der Waals surface area contributed by atoms with Gasteiger partial charge in [0.25, 0.3) is 0 Å². The van der Waals surface area contributed by atoms with Crippen molar-refractivity contribution in [3.8, 4) is 33.4 Å². The Hall–Kier alpha value is -8.24. The van der Waals surface area contributed by atoms with E-state index in [2.05, 4.69) is 218 Å². The lowest BCUT2D eigenvalue weighted by Crippen LogP contribution is -2.28. The fourth-order valence-electron chi connectivity index (χ4n) is 12.0. The predicted molar refractivity (Wildman–Crippen MR) is 277 cm³/mol. The number of rotatable bonds is 4. The van der Waals surface area contributed by atoms with E-state index < -0.39 is 5.41 Å². The smallest absolute Gasteiger partial charge is 0.143 e. The molecule has 2 nitrogen and oxygen atoms in total. The van der Waals surface area contributed by atoms with Gasteiger partial charge in [-0.05, 0) is 102 Å². The second-order valence-corrected chi connectivity index (χ2v) is 18.8. The molecule has 1 aliphatic carbocycles. The van der Waals surface area contributed by atoms with Crippen molar-refractivity contribution in [1.29, 1.82) is 0 Å². The van der Waals surface area contributed by atoms with Gasteiger partial charge in [-0.3, -0.25) is 0 Å². The highest BCUT2D eigenvalue weighted by atomic mass is 32.1. The van der Waals surface area contributed by atoms with Gasteiger partial charge in [-0.2, -0.15) is 0 Å². The number of hydrogen-bond donors (Lipinski definition) is 0. The van der Waals surface area contributed by atoms with Crippen LogP contribution in [-0.2, 0) is 5.41 Å². The highest BCUT2D eigenvalue weighted by Crippen LogP contribution is 2.59. The highest BCUT2D eigenvalue weighted by Gasteiger charge is 2.47. The van der Waals surface area contributed by atoms with Gasteiger partial charge in [0.1, 0.15) is 22.3 Å². The number of hydrogen-bond acceptors (Lipinski definition) is 3. The molecule has 14 aromatic rings. The van der Waals surface area contributed by atoms with Gasteiger partial charge < -0.3 is 8.83 Å². The van der Waals surface area contributed by atoms with Gasteiger partial charge >= 0.3 is 0 Å². The van der Waals surface area contributed by atoms with Gasteiger partial charge in [-0.25, -0.2) is 0 Å². The Morgan fingerprint density at radius 2 is 0.894 bits per heavy atom. The van der Waals surface area contributed by atoms with E-state index in [1.807, 2.05) is 11.3 Å². The molecule has 15 rings (SSSR count). The molecule has 0 unspecified atom stereocenters. The van der Waals surface area contributed by atoms with Crippen LogP contribution in [0.5, 0.6) is 0 Å². The van der Waals surface area contributed by atoms with Gasteiger partial charge in [0.2, 0.25) is 0 Å². The van der Waals surface area contributed by atoms with Gasteiger partial charge in [0.05, 0.1) is 5.41 Å². The molecule has 0 bridgehead atoms. The second kappa shape index (κ2) is 13.4. The standard InChI is InChI=1S/C63H36O2S/c1-3-16-38(17-4-1)63(39-18-5-2-6-19-39)49-28-13-11-24-44(49)58-50(63)31-33-53-59(58)47-27-15-26-46(62(47)65-53)57-42-22-9-7-20-40(42)56(41-21-8-10-23-43(41)57)37-30-32-51-48(36-37)60-52(64-51)34-35-55-61(60)45-25-12-14-29-54(45)66-55/h1-36H. The van der Waals surface area contributed by atoms with Crippen LogP contribution in [0.4, 0.5) is 0 Å². The summed E-state index contributed by atoms with van der Waals surface area (Å²) < 4.78 is 16.4. The molecule has 0 amide bonds. The third-order valence-corrected chi connectivity index (χ3v) is 15.7. The number of para-hydroxylation sites is 1. The van der Waals surface area contributed by atoms with E-state index in [0.29, 0.717) is 0 Å². The lowest BCUT2D eigenvalue weighted by atomic mass is 9.67. The summed E-state index contributed by atoms with van der Waals surface area (Å²) >= 11 is 1.85. The first-order chi connectivity index (χ1) is 32.8. The van der Waals surface area contributed by atoms with Crippen molar-refractivity contribution >= 4 is 96.9 Å². The van der Waals surface area contributed by atoms with Crippen LogP contribution >= 0.6 is 11.3 Å². The first-order valence-electron chi connectivity index (χ1n) is 22.7. The summed E-state index contributed by atoms with van der Waals surface area (Å²) in [7, 11) is 0. The summed E-state index contributed by atoms with van der Waals surface area (Å²) in [6.45, 7) is 0. The Labute approximate surface area is 383 Å². The van der Waals surface area contributed by atoms with Gasteiger partial charge in [0.15, 0.2) is 0 Å². The molecule has 1 aliphatic rings. The maximum absolute atomic E-state index is 7.20. The molecule has 0 radical (unpaired) electrons. The van der Waals surface area contributed by atoms with Gasteiger partial charge in [-0.1, -0.05) is 182 Å². The van der Waals surface area contributed by atoms with Crippen LogP contribution in [0.15, 0.2) is 227 Å². The Morgan fingerprint density at radius 3 is 1.64 bits per heavy atom. The van der Waals surface area contributed by atoms with E-state index in [-0.39, 0.29) is 0 Å². The molecule has 3 heteroatoms. The van der Waals surface area contributed by atoms with Crippen LogP contribution in [0.1, 0.15) is 22.3 Å². The summed E-state index contributed by atoms with van der Waals surface area (Å²) in [6.07, 6.45) is 0. The number of benzene rings is 11. The minimum Gasteiger partial charge on any atom is -0.456 e. The summed E-state index contributed by atoms with van der Waals surface area (Å²) in [5.74, 6) is 0. The van der Waals surface area contributed by atoms with Crippen LogP contribution in [0.25, 0.3) is 119 Å². The molecule has 0 spiro atoms. The zero-order chi connectivity index (χ0) is 43.1. The molecule has 0 saturated heterocycles. The van der Waals surface area contributed by atoms with Crippen LogP contribution in [-0.4, -0.2) is 0 Å². The zero-order valence-corrected chi connectivity index (χ0v) is 36.3. The largest absolute Gasteiger partial charge is 0.456 e. The molecule has 0 aliphatic heterocycles. The van der Waals surface area contributed by atoms with Crippen LogP contribution in [0.2, 0.25) is 0 Å². The molecule has 306 valence electrons. The monoisotopic (exact) mass is 856 g/mol. The summed E-state index contributed by atoms with van der Waals surface area (Å²) in [6, 6.07) is 80.0. The van der Waals surface area contributed by atoms with Crippen LogP contribution < -0.4 is 0 Å². The average Bonchev–Trinajstić information content (AvgIpc) is 4.14. The summed E-state index contributed by atoms with van der Waals surface area (Å²) in [5, 5.41) is 11.9. The number of fused-ring (bicyclic) bond motifs is 16. The number of thiophene rings is 1. The van der Waals surface area contributed by atoms with E-state index >= 15 is 0 Å². The molecule has 0 atom stereocenters. The van der Waals surface area contributed by atoms with E-state index in [1.54, 1.807) is 0 Å². The quantitative estimate of drug-likeness (QED) is 0.165. The summed E-state index contributed by atoms with van der Waals surface area (Å²) in [5.41, 5.74) is 15.3. The minimum absolute atomic E-state index is 0.499. The Balaban J connectivity index is 0.998. The lowest BCUT2D eigenvalue weighted by molar-refractivity contribution is 0.669. The third kappa shape index (κ3) is 4.69. The van der Waals surface area contributed by atoms with Crippen molar-refractivity contribution in [2.75, 3.05) is 0 Å². The normalized spacial score (nSPS) is 13.3. The SMILES string of the molecule is c1ccc(C2(c3ccccc3)c3ccccc3-c3c2ccc2oc4c(-c5c6ccccc6c(-c6ccc7oc8ccc9sc%10ccccc%10c9c8c7c6)c6ccccc56)cccc4c32)cc1. The van der Waals surface area contributed by atoms with E-state index in [4.69, 9.17) is 8.83 Å². The molecular formula is C63H36O2S. The van der Waals surface area contributed by atoms with E-state index in [0.717, 1.165) is 49.6 Å². The highest BCUT2D eigenvalue weighted by molar-refractivity contribution is 7.26. The third-order valence-electron chi connectivity index (χ3n) is 14.5. The van der Waals surface area contributed by atoms with E-state index in [1.165, 1.54) is 91.6 Å². The fraction of sp³-hybridized carbons (Fsp3) is 0.0159. The maximum atomic E-state index is 7.20. The minimum atomic E-state index is -0.499. The second-order valence-electron chi connectivity index (χ2n) is 17.7. The van der Waals surface area contributed by atoms with Crippen molar-refractivity contribution < 1.29 is 8.83 Å². The zero-order valence-electron chi connectivity index (χ0n) is 35.5. The molecule has 0 N–H and O–H groups in total. The molecule has 3 aromatic heterocycles. The van der Waals surface area contributed by atoms with Crippen LogP contribution in [0.3, 0.4) is 0 Å².